The van der Waals surface area contributed by atoms with E-state index in [4.69, 9.17) is 17.3 Å². The summed E-state index contributed by atoms with van der Waals surface area (Å²) < 4.78 is 0. The molecular weight excluding hydrogens is 250 g/mol. The van der Waals surface area contributed by atoms with Crippen molar-refractivity contribution in [2.75, 3.05) is 12.8 Å². The van der Waals surface area contributed by atoms with Crippen molar-refractivity contribution < 1.29 is 0 Å². The van der Waals surface area contributed by atoms with Gasteiger partial charge in [0.15, 0.2) is 0 Å². The van der Waals surface area contributed by atoms with Crippen LogP contribution in [0.2, 0.25) is 5.02 Å². The Labute approximate surface area is 110 Å². The molecule has 0 spiro atoms. The van der Waals surface area contributed by atoms with Gasteiger partial charge in [0.2, 0.25) is 0 Å². The fourth-order valence-electron chi connectivity index (χ4n) is 1.67. The number of rotatable bonds is 3. The van der Waals surface area contributed by atoms with Crippen LogP contribution in [-0.2, 0) is 0 Å². The highest BCUT2D eigenvalue weighted by atomic mass is 35.5. The third-order valence-electron chi connectivity index (χ3n) is 2.57. The molecule has 0 radical (unpaired) electrons. The maximum atomic E-state index is 5.94. The van der Waals surface area contributed by atoms with Gasteiger partial charge in [0.25, 0.3) is 0 Å². The highest BCUT2D eigenvalue weighted by molar-refractivity contribution is 6.30. The third-order valence-corrected chi connectivity index (χ3v) is 2.78. The topological polar surface area (TPSA) is 76.7 Å². The smallest absolute Gasteiger partial charge is 0.149 e. The van der Waals surface area contributed by atoms with Crippen LogP contribution in [0, 0.1) is 6.92 Å². The maximum Gasteiger partial charge on any atom is 0.149 e. The highest BCUT2D eigenvalue weighted by Gasteiger charge is 2.18. The van der Waals surface area contributed by atoms with Gasteiger partial charge in [-0.25, -0.2) is 15.0 Å². The summed E-state index contributed by atoms with van der Waals surface area (Å²) in [5.74, 6) is 1.06. The van der Waals surface area contributed by atoms with E-state index in [0.29, 0.717) is 16.7 Å². The zero-order valence-electron chi connectivity index (χ0n) is 10.2. The van der Waals surface area contributed by atoms with Gasteiger partial charge in [0.05, 0.1) is 11.1 Å². The Kier molecular flexibility index (Phi) is 3.74. The monoisotopic (exact) mass is 263 g/mol. The van der Waals surface area contributed by atoms with Gasteiger partial charge in [-0.05, 0) is 25.6 Å². The summed E-state index contributed by atoms with van der Waals surface area (Å²) in [7, 11) is 1.81. The number of hydrogen-bond acceptors (Lipinski definition) is 5. The molecule has 0 bridgehead atoms. The number of pyridine rings is 1. The van der Waals surface area contributed by atoms with E-state index >= 15 is 0 Å². The average molecular weight is 264 g/mol. The minimum atomic E-state index is -0.225. The van der Waals surface area contributed by atoms with Crippen LogP contribution in [0.4, 0.5) is 5.82 Å². The summed E-state index contributed by atoms with van der Waals surface area (Å²) in [6, 6.07) is 1.55. The Morgan fingerprint density at radius 2 is 1.89 bits per heavy atom. The van der Waals surface area contributed by atoms with Gasteiger partial charge >= 0.3 is 0 Å². The largest absolute Gasteiger partial charge is 0.383 e. The van der Waals surface area contributed by atoms with Crippen LogP contribution in [0.5, 0.6) is 0 Å². The Morgan fingerprint density at radius 3 is 2.50 bits per heavy atom. The Hall–Kier alpha value is -1.72. The Morgan fingerprint density at radius 1 is 1.22 bits per heavy atom. The van der Waals surface area contributed by atoms with Crippen LogP contribution < -0.4 is 11.1 Å². The van der Waals surface area contributed by atoms with Crippen molar-refractivity contribution in [3.63, 3.8) is 0 Å². The summed E-state index contributed by atoms with van der Waals surface area (Å²) in [5, 5.41) is 3.65. The van der Waals surface area contributed by atoms with Crippen LogP contribution in [0.25, 0.3) is 0 Å². The SMILES string of the molecule is CNC(c1ncc(C)cn1)c1cc(Cl)cnc1N. The van der Waals surface area contributed by atoms with Crippen LogP contribution in [0.1, 0.15) is 23.0 Å². The molecule has 0 saturated heterocycles. The molecule has 94 valence electrons. The first kappa shape index (κ1) is 12.7. The fourth-order valence-corrected chi connectivity index (χ4v) is 1.84. The molecule has 2 rings (SSSR count). The van der Waals surface area contributed by atoms with E-state index < -0.39 is 0 Å². The second kappa shape index (κ2) is 5.29. The summed E-state index contributed by atoms with van der Waals surface area (Å²) in [4.78, 5) is 12.6. The second-order valence-electron chi connectivity index (χ2n) is 3.97. The van der Waals surface area contributed by atoms with Gasteiger partial charge in [0.1, 0.15) is 11.6 Å². The molecule has 0 aliphatic carbocycles. The third kappa shape index (κ3) is 2.57. The van der Waals surface area contributed by atoms with Crippen molar-refractivity contribution in [2.24, 2.45) is 0 Å². The van der Waals surface area contributed by atoms with E-state index in [1.54, 1.807) is 18.5 Å². The number of nitrogens with zero attached hydrogens (tertiary/aromatic N) is 3. The van der Waals surface area contributed by atoms with Gasteiger partial charge in [-0.1, -0.05) is 11.6 Å². The minimum absolute atomic E-state index is 0.225. The lowest BCUT2D eigenvalue weighted by Gasteiger charge is -2.16. The molecule has 0 aliphatic rings. The summed E-state index contributed by atoms with van der Waals surface area (Å²) in [5.41, 5.74) is 7.65. The molecule has 0 fully saturated rings. The van der Waals surface area contributed by atoms with Crippen LogP contribution in [0.3, 0.4) is 0 Å². The Bertz CT molecular complexity index is 541. The molecule has 2 heterocycles. The van der Waals surface area contributed by atoms with Gasteiger partial charge in [0, 0.05) is 24.2 Å². The molecule has 6 heteroatoms. The minimum Gasteiger partial charge on any atom is -0.383 e. The zero-order valence-corrected chi connectivity index (χ0v) is 10.9. The second-order valence-corrected chi connectivity index (χ2v) is 4.40. The van der Waals surface area contributed by atoms with E-state index in [1.165, 1.54) is 6.20 Å². The predicted octanol–water partition coefficient (Wildman–Crippen LogP) is 1.72. The van der Waals surface area contributed by atoms with Gasteiger partial charge in [-0.15, -0.1) is 0 Å². The number of hydrogen-bond donors (Lipinski definition) is 2. The van der Waals surface area contributed by atoms with Gasteiger partial charge in [-0.2, -0.15) is 0 Å². The molecule has 3 N–H and O–H groups in total. The maximum absolute atomic E-state index is 5.94. The Balaban J connectivity index is 2.44. The predicted molar refractivity (Wildman–Crippen MR) is 71.3 cm³/mol. The van der Waals surface area contributed by atoms with Crippen molar-refractivity contribution >= 4 is 17.4 Å². The standard InChI is InChI=1S/C12H14ClN5/c1-7-4-17-12(18-5-7)10(15-2)9-3-8(13)6-16-11(9)14/h3-6,10,15H,1-2H3,(H2,14,16). The molecule has 0 saturated carbocycles. The molecule has 2 aromatic rings. The van der Waals surface area contributed by atoms with E-state index in [2.05, 4.69) is 20.3 Å². The summed E-state index contributed by atoms with van der Waals surface area (Å²) in [6.45, 7) is 1.94. The van der Waals surface area contributed by atoms with E-state index in [-0.39, 0.29) is 6.04 Å². The first-order chi connectivity index (χ1) is 8.61. The molecule has 0 aliphatic heterocycles. The molecule has 0 aromatic carbocycles. The van der Waals surface area contributed by atoms with E-state index in [1.807, 2.05) is 14.0 Å². The lowest BCUT2D eigenvalue weighted by molar-refractivity contribution is 0.645. The number of anilines is 1. The molecule has 1 atom stereocenters. The first-order valence-corrected chi connectivity index (χ1v) is 5.86. The van der Waals surface area contributed by atoms with Crippen LogP contribution >= 0.6 is 11.6 Å². The van der Waals surface area contributed by atoms with Crippen molar-refractivity contribution in [3.8, 4) is 0 Å². The van der Waals surface area contributed by atoms with Gasteiger partial charge < -0.3 is 11.1 Å². The van der Waals surface area contributed by atoms with Gasteiger partial charge in [-0.3, -0.25) is 0 Å². The fraction of sp³-hybridized carbons (Fsp3) is 0.250. The van der Waals surface area contributed by atoms with Crippen molar-refractivity contribution in [3.05, 3.63) is 46.6 Å². The highest BCUT2D eigenvalue weighted by Crippen LogP contribution is 2.25. The number of nitrogens with one attached hydrogen (secondary N) is 1. The first-order valence-electron chi connectivity index (χ1n) is 5.48. The average Bonchev–Trinajstić information content (AvgIpc) is 2.37. The van der Waals surface area contributed by atoms with E-state index in [9.17, 15) is 0 Å². The molecule has 1 unspecified atom stereocenters. The van der Waals surface area contributed by atoms with Crippen molar-refractivity contribution in [1.82, 2.24) is 20.3 Å². The lowest BCUT2D eigenvalue weighted by atomic mass is 10.1. The molecule has 18 heavy (non-hydrogen) atoms. The molecular formula is C12H14ClN5. The summed E-state index contributed by atoms with van der Waals surface area (Å²) >= 11 is 5.94. The number of aryl methyl sites for hydroxylation is 1. The van der Waals surface area contributed by atoms with E-state index in [0.717, 1.165) is 11.1 Å². The number of aromatic nitrogens is 3. The number of halogens is 1. The van der Waals surface area contributed by atoms with Crippen molar-refractivity contribution in [2.45, 2.75) is 13.0 Å². The van der Waals surface area contributed by atoms with Crippen molar-refractivity contribution in [1.29, 1.82) is 0 Å². The molecule has 5 nitrogen and oxygen atoms in total. The number of nitrogens with two attached hydrogens (primary N) is 1. The molecule has 2 aromatic heterocycles. The zero-order chi connectivity index (χ0) is 13.1. The van der Waals surface area contributed by atoms with Crippen LogP contribution in [0.15, 0.2) is 24.7 Å². The lowest BCUT2D eigenvalue weighted by Crippen LogP contribution is -2.21. The summed E-state index contributed by atoms with van der Waals surface area (Å²) in [6.07, 6.45) is 5.05. The van der Waals surface area contributed by atoms with Crippen LogP contribution in [-0.4, -0.2) is 22.0 Å². The normalized spacial score (nSPS) is 12.4. The number of nitrogen functional groups attached to an aromatic ring is 1. The molecule has 0 amide bonds. The quantitative estimate of drug-likeness (QED) is 0.882.